The summed E-state index contributed by atoms with van der Waals surface area (Å²) in [5.41, 5.74) is 6.15. The highest BCUT2D eigenvalue weighted by Gasteiger charge is 2.31. The van der Waals surface area contributed by atoms with E-state index in [-0.39, 0.29) is 22.8 Å². The smallest absolute Gasteiger partial charge is 0.340 e. The molecular weight excluding hydrogens is 270 g/mol. The zero-order valence-electron chi connectivity index (χ0n) is 10.5. The van der Waals surface area contributed by atoms with Gasteiger partial charge >= 0.3 is 5.97 Å². The number of nitrogens with two attached hydrogens (primary N) is 1. The highest BCUT2D eigenvalue weighted by atomic mass is 32.2. The zero-order valence-corrected chi connectivity index (χ0v) is 11.3. The maximum absolute atomic E-state index is 11.9. The van der Waals surface area contributed by atoms with Crippen molar-refractivity contribution in [3.05, 3.63) is 23.8 Å². The van der Waals surface area contributed by atoms with Gasteiger partial charge in [-0.05, 0) is 18.6 Å². The molecule has 1 aromatic rings. The summed E-state index contributed by atoms with van der Waals surface area (Å²) in [7, 11) is -1.63. The normalized spacial score (nSPS) is 21.0. The van der Waals surface area contributed by atoms with Gasteiger partial charge in [-0.3, -0.25) is 0 Å². The number of methoxy groups -OCH3 is 1. The second-order valence-corrected chi connectivity index (χ2v) is 6.58. The van der Waals surface area contributed by atoms with E-state index in [4.69, 9.17) is 15.2 Å². The van der Waals surface area contributed by atoms with E-state index in [0.29, 0.717) is 12.2 Å². The van der Waals surface area contributed by atoms with E-state index in [2.05, 4.69) is 0 Å². The molecule has 1 atom stereocenters. The Bertz CT molecular complexity index is 596. The predicted molar refractivity (Wildman–Crippen MR) is 69.9 cm³/mol. The lowest BCUT2D eigenvalue weighted by Crippen LogP contribution is -2.20. The molecule has 6 nitrogen and oxygen atoms in total. The molecule has 1 heterocycles. The number of hydrogen-bond acceptors (Lipinski definition) is 6. The summed E-state index contributed by atoms with van der Waals surface area (Å²) in [4.78, 5) is 11.9. The third-order valence-electron chi connectivity index (χ3n) is 2.97. The molecule has 0 amide bonds. The molecule has 0 bridgehead atoms. The van der Waals surface area contributed by atoms with Crippen molar-refractivity contribution in [2.75, 3.05) is 24.3 Å². The minimum absolute atomic E-state index is 0.0541. The first-order valence-corrected chi connectivity index (χ1v) is 7.59. The molecule has 0 radical (unpaired) electrons. The standard InChI is InChI=1S/C12H15NO5S/c1-17-10-4-2-3-9(11(10)13)12(14)18-8-5-6-19(15,16)7-8/h2-4,8H,5-7,13H2,1H3. The molecule has 1 aromatic carbocycles. The Morgan fingerprint density at radius 3 is 2.74 bits per heavy atom. The first-order valence-electron chi connectivity index (χ1n) is 5.77. The molecule has 1 saturated heterocycles. The number of para-hydroxylation sites is 1. The lowest BCUT2D eigenvalue weighted by molar-refractivity contribution is 0.0357. The molecule has 104 valence electrons. The molecule has 0 aliphatic carbocycles. The van der Waals surface area contributed by atoms with Crippen LogP contribution in [0.4, 0.5) is 5.69 Å². The second kappa shape index (κ2) is 5.08. The van der Waals surface area contributed by atoms with Gasteiger partial charge in [0.2, 0.25) is 0 Å². The molecule has 1 unspecified atom stereocenters. The van der Waals surface area contributed by atoms with Crippen LogP contribution in [0.5, 0.6) is 5.75 Å². The monoisotopic (exact) mass is 285 g/mol. The van der Waals surface area contributed by atoms with Crippen molar-refractivity contribution in [1.82, 2.24) is 0 Å². The Kier molecular flexibility index (Phi) is 3.66. The van der Waals surface area contributed by atoms with Crippen LogP contribution in [0, 0.1) is 0 Å². The van der Waals surface area contributed by atoms with E-state index < -0.39 is 21.9 Å². The number of hydrogen-bond donors (Lipinski definition) is 1. The highest BCUT2D eigenvalue weighted by Crippen LogP contribution is 2.26. The average molecular weight is 285 g/mol. The van der Waals surface area contributed by atoms with Crippen LogP contribution in [-0.4, -0.2) is 39.1 Å². The fourth-order valence-corrected chi connectivity index (χ4v) is 3.56. The first-order chi connectivity index (χ1) is 8.93. The van der Waals surface area contributed by atoms with Crippen molar-refractivity contribution in [2.24, 2.45) is 0 Å². The second-order valence-electron chi connectivity index (χ2n) is 4.35. The molecule has 1 aliphatic heterocycles. The number of rotatable bonds is 3. The summed E-state index contributed by atoms with van der Waals surface area (Å²) in [6, 6.07) is 4.77. The number of benzene rings is 1. The number of carbonyl (C=O) groups is 1. The van der Waals surface area contributed by atoms with Gasteiger partial charge < -0.3 is 15.2 Å². The number of esters is 1. The number of nitrogen functional groups attached to an aromatic ring is 1. The number of ether oxygens (including phenoxy) is 2. The van der Waals surface area contributed by atoms with Gasteiger partial charge in [-0.25, -0.2) is 13.2 Å². The van der Waals surface area contributed by atoms with Gasteiger partial charge in [-0.1, -0.05) is 6.07 Å². The van der Waals surface area contributed by atoms with Crippen LogP contribution in [0.15, 0.2) is 18.2 Å². The third kappa shape index (κ3) is 2.98. The Hall–Kier alpha value is -1.76. The van der Waals surface area contributed by atoms with Gasteiger partial charge in [-0.15, -0.1) is 0 Å². The van der Waals surface area contributed by atoms with Crippen molar-refractivity contribution >= 4 is 21.5 Å². The van der Waals surface area contributed by atoms with Crippen molar-refractivity contribution in [3.8, 4) is 5.75 Å². The van der Waals surface area contributed by atoms with E-state index >= 15 is 0 Å². The molecule has 2 N–H and O–H groups in total. The maximum atomic E-state index is 11.9. The average Bonchev–Trinajstić information content (AvgIpc) is 2.68. The van der Waals surface area contributed by atoms with Crippen molar-refractivity contribution in [2.45, 2.75) is 12.5 Å². The molecule has 1 aliphatic rings. The molecule has 1 fully saturated rings. The van der Waals surface area contributed by atoms with E-state index in [0.717, 1.165) is 0 Å². The van der Waals surface area contributed by atoms with Crippen LogP contribution in [0.2, 0.25) is 0 Å². The summed E-state index contributed by atoms with van der Waals surface area (Å²) < 4.78 is 32.8. The minimum atomic E-state index is -3.08. The molecule has 19 heavy (non-hydrogen) atoms. The molecule has 0 spiro atoms. The lowest BCUT2D eigenvalue weighted by Gasteiger charge is -2.13. The van der Waals surface area contributed by atoms with Crippen LogP contribution >= 0.6 is 0 Å². The first kappa shape index (κ1) is 13.7. The van der Waals surface area contributed by atoms with Gasteiger partial charge in [0.1, 0.15) is 11.9 Å². The Morgan fingerprint density at radius 2 is 2.16 bits per heavy atom. The summed E-state index contributed by atoms with van der Waals surface area (Å²) in [5.74, 6) is -0.312. The number of carbonyl (C=O) groups excluding carboxylic acids is 1. The zero-order chi connectivity index (χ0) is 14.0. The minimum Gasteiger partial charge on any atom is -0.495 e. The summed E-state index contributed by atoms with van der Waals surface area (Å²) in [6.45, 7) is 0. The quantitative estimate of drug-likeness (QED) is 0.646. The summed E-state index contributed by atoms with van der Waals surface area (Å²) >= 11 is 0. The fraction of sp³-hybridized carbons (Fsp3) is 0.417. The maximum Gasteiger partial charge on any atom is 0.340 e. The molecule has 2 rings (SSSR count). The highest BCUT2D eigenvalue weighted by molar-refractivity contribution is 7.91. The molecule has 0 saturated carbocycles. The number of sulfone groups is 1. The molecular formula is C12H15NO5S. The van der Waals surface area contributed by atoms with Crippen molar-refractivity contribution in [3.63, 3.8) is 0 Å². The fourth-order valence-electron chi connectivity index (χ4n) is 1.97. The van der Waals surface area contributed by atoms with Crippen LogP contribution < -0.4 is 10.5 Å². The van der Waals surface area contributed by atoms with E-state index in [9.17, 15) is 13.2 Å². The van der Waals surface area contributed by atoms with Crippen LogP contribution in [0.1, 0.15) is 16.8 Å². The van der Waals surface area contributed by atoms with Crippen molar-refractivity contribution < 1.29 is 22.7 Å². The van der Waals surface area contributed by atoms with E-state index in [1.165, 1.54) is 13.2 Å². The SMILES string of the molecule is COc1cccc(C(=O)OC2CCS(=O)(=O)C2)c1N. The topological polar surface area (TPSA) is 95.7 Å². The summed E-state index contributed by atoms with van der Waals surface area (Å²) in [6.07, 6.45) is -0.263. The number of anilines is 1. The van der Waals surface area contributed by atoms with Gasteiger partial charge in [0.15, 0.2) is 9.84 Å². The van der Waals surface area contributed by atoms with Gasteiger partial charge in [-0.2, -0.15) is 0 Å². The van der Waals surface area contributed by atoms with Crippen LogP contribution in [0.3, 0.4) is 0 Å². The van der Waals surface area contributed by atoms with E-state index in [1.807, 2.05) is 0 Å². The van der Waals surface area contributed by atoms with Crippen LogP contribution in [0.25, 0.3) is 0 Å². The Balaban J connectivity index is 2.13. The van der Waals surface area contributed by atoms with Gasteiger partial charge in [0.25, 0.3) is 0 Å². The lowest BCUT2D eigenvalue weighted by atomic mass is 10.1. The van der Waals surface area contributed by atoms with Gasteiger partial charge in [0, 0.05) is 0 Å². The molecule has 7 heteroatoms. The van der Waals surface area contributed by atoms with Gasteiger partial charge in [0.05, 0.1) is 29.9 Å². The van der Waals surface area contributed by atoms with E-state index in [1.54, 1.807) is 12.1 Å². The molecule has 0 aromatic heterocycles. The largest absolute Gasteiger partial charge is 0.495 e. The summed E-state index contributed by atoms with van der Waals surface area (Å²) in [5, 5.41) is 0. The Labute approximate surface area is 111 Å². The van der Waals surface area contributed by atoms with Crippen LogP contribution in [-0.2, 0) is 14.6 Å². The third-order valence-corrected chi connectivity index (χ3v) is 4.71. The predicted octanol–water partition coefficient (Wildman–Crippen LogP) is 0.621. The van der Waals surface area contributed by atoms with Crippen molar-refractivity contribution in [1.29, 1.82) is 0 Å². The Morgan fingerprint density at radius 1 is 1.42 bits per heavy atom.